The second-order valence-electron chi connectivity index (χ2n) is 13.5. The van der Waals surface area contributed by atoms with Crippen molar-refractivity contribution in [2.45, 2.75) is 100 Å². The topological polar surface area (TPSA) is 82.9 Å². The maximum Gasteiger partial charge on any atom is 0.321 e. The molecular formula is C33H38N2O4. The summed E-state index contributed by atoms with van der Waals surface area (Å²) in [6.45, 7) is 2.96. The standard InChI is InChI=1S/C33H38N2O4/c1-31-10-8-24-15-23-4-5-25(35-19-26(36)16-28(35)30(37)38)17-32(23)11-12-33(24,39-32)29(31)7-6-27(31)21-3-2-20-9-13-34-18-22(20)14-21/h2-3,8-9,13-15,18,25-29,36H,4-7,10-12,16-17,19H2,1H3,(H,37,38)/t25?,26-,27?,28+,29-,31-,32-,33-/m1/s1. The van der Waals surface area contributed by atoms with Crippen LogP contribution in [0.5, 0.6) is 0 Å². The number of pyridine rings is 1. The molecule has 8 rings (SSSR count). The third-order valence-electron chi connectivity index (χ3n) is 11.8. The van der Waals surface area contributed by atoms with Crippen molar-refractivity contribution in [1.29, 1.82) is 0 Å². The van der Waals surface area contributed by atoms with Gasteiger partial charge in [0, 0.05) is 36.8 Å². The van der Waals surface area contributed by atoms with Gasteiger partial charge in [-0.25, -0.2) is 0 Å². The van der Waals surface area contributed by atoms with Crippen LogP contribution in [0.3, 0.4) is 0 Å². The summed E-state index contributed by atoms with van der Waals surface area (Å²) in [5.41, 5.74) is 3.88. The molecule has 4 heterocycles. The highest BCUT2D eigenvalue weighted by Gasteiger charge is 2.67. The molecule has 4 fully saturated rings. The van der Waals surface area contributed by atoms with Crippen LogP contribution in [0.25, 0.3) is 10.8 Å². The fraction of sp³-hybridized carbons (Fsp3) is 0.576. The van der Waals surface area contributed by atoms with E-state index in [4.69, 9.17) is 4.74 Å². The van der Waals surface area contributed by atoms with E-state index in [1.807, 2.05) is 12.4 Å². The molecule has 1 aromatic carbocycles. The maximum atomic E-state index is 12.0. The van der Waals surface area contributed by atoms with E-state index < -0.39 is 18.1 Å². The lowest BCUT2D eigenvalue weighted by Gasteiger charge is -2.55. The lowest BCUT2D eigenvalue weighted by atomic mass is 9.58. The summed E-state index contributed by atoms with van der Waals surface area (Å²) in [4.78, 5) is 18.4. The van der Waals surface area contributed by atoms with Crippen LogP contribution < -0.4 is 0 Å². The van der Waals surface area contributed by atoms with Gasteiger partial charge in [-0.3, -0.25) is 14.7 Å². The number of aromatic nitrogens is 1. The zero-order valence-corrected chi connectivity index (χ0v) is 22.7. The van der Waals surface area contributed by atoms with E-state index in [0.717, 1.165) is 38.5 Å². The van der Waals surface area contributed by atoms with Crippen molar-refractivity contribution >= 4 is 16.7 Å². The molecule has 39 heavy (non-hydrogen) atoms. The minimum absolute atomic E-state index is 0.137. The molecule has 2 bridgehead atoms. The van der Waals surface area contributed by atoms with E-state index in [-0.39, 0.29) is 22.7 Å². The van der Waals surface area contributed by atoms with Crippen LogP contribution in [-0.2, 0) is 9.53 Å². The van der Waals surface area contributed by atoms with Crippen molar-refractivity contribution in [1.82, 2.24) is 9.88 Å². The molecule has 2 spiro atoms. The van der Waals surface area contributed by atoms with Crippen LogP contribution in [0.15, 0.2) is 60.0 Å². The number of aliphatic carboxylic acids is 1. The van der Waals surface area contributed by atoms with E-state index in [1.165, 1.54) is 40.3 Å². The number of aliphatic hydroxyl groups is 1. The number of allylic oxidation sites excluding steroid dienone is 1. The SMILES string of the molecule is C[C@]12CC=C3C=C4CCC(N5C[C@H](O)C[C@H]5C(=O)O)C[C@]45CC[C@]3(O5)[C@@H]1CCC2c1ccc2ccncc2c1. The Balaban J connectivity index is 1.12. The second kappa shape index (κ2) is 8.25. The number of carboxylic acid groups (broad SMARTS) is 1. The lowest BCUT2D eigenvalue weighted by molar-refractivity contribution is -0.150. The normalized spacial score (nSPS) is 43.0. The number of ether oxygens (including phenoxy) is 1. The van der Waals surface area contributed by atoms with Crippen LogP contribution in [-0.4, -0.2) is 62.0 Å². The molecule has 1 aromatic heterocycles. The number of fused-ring (bicyclic) bond motifs is 2. The highest BCUT2D eigenvalue weighted by molar-refractivity contribution is 5.82. The molecule has 2 unspecified atom stereocenters. The number of benzene rings is 1. The predicted molar refractivity (Wildman–Crippen MR) is 148 cm³/mol. The van der Waals surface area contributed by atoms with Gasteiger partial charge in [-0.2, -0.15) is 0 Å². The Bertz CT molecular complexity index is 1430. The highest BCUT2D eigenvalue weighted by Crippen LogP contribution is 2.69. The molecule has 0 radical (unpaired) electrons. The lowest BCUT2D eigenvalue weighted by Crippen LogP contribution is -2.56. The number of β-amino-alcohol motifs (C(OH)–C–C–N with tert-alkyl or cyclic N) is 1. The van der Waals surface area contributed by atoms with Crippen molar-refractivity contribution < 1.29 is 19.7 Å². The summed E-state index contributed by atoms with van der Waals surface area (Å²) in [6.07, 6.45) is 16.8. The van der Waals surface area contributed by atoms with Crippen molar-refractivity contribution in [2.75, 3.05) is 6.54 Å². The molecule has 2 saturated heterocycles. The van der Waals surface area contributed by atoms with E-state index in [2.05, 4.69) is 53.2 Å². The van der Waals surface area contributed by atoms with E-state index in [0.29, 0.717) is 24.8 Å². The molecule has 6 heteroatoms. The summed E-state index contributed by atoms with van der Waals surface area (Å²) < 4.78 is 7.44. The van der Waals surface area contributed by atoms with Gasteiger partial charge in [-0.1, -0.05) is 31.2 Å². The van der Waals surface area contributed by atoms with Crippen molar-refractivity contribution in [3.63, 3.8) is 0 Å². The average molecular weight is 527 g/mol. The van der Waals surface area contributed by atoms with E-state index in [9.17, 15) is 15.0 Å². The van der Waals surface area contributed by atoms with E-state index in [1.54, 1.807) is 0 Å². The Morgan fingerprint density at radius 3 is 2.92 bits per heavy atom. The quantitative estimate of drug-likeness (QED) is 0.560. The van der Waals surface area contributed by atoms with Crippen LogP contribution in [0.2, 0.25) is 0 Å². The van der Waals surface area contributed by atoms with Crippen molar-refractivity contribution in [3.8, 4) is 0 Å². The zero-order valence-electron chi connectivity index (χ0n) is 22.7. The summed E-state index contributed by atoms with van der Waals surface area (Å²) >= 11 is 0. The third-order valence-corrected chi connectivity index (χ3v) is 11.8. The van der Waals surface area contributed by atoms with Gasteiger partial charge >= 0.3 is 5.97 Å². The number of hydrogen-bond acceptors (Lipinski definition) is 5. The first-order valence-corrected chi connectivity index (χ1v) is 14.9. The molecule has 2 aromatic rings. The minimum atomic E-state index is -0.812. The molecule has 3 aliphatic carbocycles. The van der Waals surface area contributed by atoms with Gasteiger partial charge in [0.25, 0.3) is 0 Å². The Labute approximate surface area is 229 Å². The monoisotopic (exact) mass is 526 g/mol. The van der Waals surface area contributed by atoms with Gasteiger partial charge < -0.3 is 14.9 Å². The Morgan fingerprint density at radius 1 is 1.15 bits per heavy atom. The van der Waals surface area contributed by atoms with Crippen LogP contribution in [0, 0.1) is 11.3 Å². The number of aliphatic hydroxyl groups excluding tert-OH is 1. The van der Waals surface area contributed by atoms with E-state index >= 15 is 0 Å². The largest absolute Gasteiger partial charge is 0.480 e. The molecule has 6 nitrogen and oxygen atoms in total. The molecule has 204 valence electrons. The summed E-state index contributed by atoms with van der Waals surface area (Å²) in [5, 5.41) is 22.6. The molecule has 2 N–H and O–H groups in total. The molecular weight excluding hydrogens is 488 g/mol. The number of hydrogen-bond donors (Lipinski definition) is 2. The van der Waals surface area contributed by atoms with Crippen molar-refractivity contribution in [3.05, 3.63) is 65.5 Å². The van der Waals surface area contributed by atoms with Gasteiger partial charge in [0.2, 0.25) is 0 Å². The Kier molecular flexibility index (Phi) is 5.13. The maximum absolute atomic E-state index is 12.0. The molecule has 2 saturated carbocycles. The fourth-order valence-corrected chi connectivity index (χ4v) is 10.0. The number of rotatable bonds is 3. The van der Waals surface area contributed by atoms with Crippen LogP contribution in [0.1, 0.15) is 76.2 Å². The number of carboxylic acids is 1. The molecule has 8 atom stereocenters. The Morgan fingerprint density at radius 2 is 2.05 bits per heavy atom. The number of likely N-dealkylation sites (tertiary alicyclic amines) is 1. The highest BCUT2D eigenvalue weighted by atomic mass is 16.5. The Hall–Kier alpha value is -2.54. The second-order valence-corrected chi connectivity index (χ2v) is 13.5. The fourth-order valence-electron chi connectivity index (χ4n) is 10.0. The predicted octanol–water partition coefficient (Wildman–Crippen LogP) is 5.37. The molecule has 3 aliphatic heterocycles. The van der Waals surface area contributed by atoms with Crippen LogP contribution >= 0.6 is 0 Å². The first kappa shape index (κ1) is 24.3. The van der Waals surface area contributed by atoms with Gasteiger partial charge in [0.1, 0.15) is 6.04 Å². The smallest absolute Gasteiger partial charge is 0.321 e. The van der Waals surface area contributed by atoms with Crippen molar-refractivity contribution in [2.24, 2.45) is 11.3 Å². The molecule has 6 aliphatic rings. The average Bonchev–Trinajstić information content (AvgIpc) is 3.59. The van der Waals surface area contributed by atoms with Gasteiger partial charge in [-0.05, 0) is 103 Å². The molecule has 0 amide bonds. The van der Waals surface area contributed by atoms with Crippen LogP contribution in [0.4, 0.5) is 0 Å². The number of carbonyl (C=O) groups is 1. The van der Waals surface area contributed by atoms with Gasteiger partial charge in [0.05, 0.1) is 17.3 Å². The first-order chi connectivity index (χ1) is 18.8. The summed E-state index contributed by atoms with van der Waals surface area (Å²) in [7, 11) is 0. The summed E-state index contributed by atoms with van der Waals surface area (Å²) in [6, 6.07) is 8.59. The number of nitrogens with zero attached hydrogens (tertiary/aromatic N) is 2. The third kappa shape index (κ3) is 3.31. The first-order valence-electron chi connectivity index (χ1n) is 14.9. The summed E-state index contributed by atoms with van der Waals surface area (Å²) in [5.74, 6) is 0.149. The minimum Gasteiger partial charge on any atom is -0.480 e. The van der Waals surface area contributed by atoms with Gasteiger partial charge in [0.15, 0.2) is 0 Å². The van der Waals surface area contributed by atoms with Gasteiger partial charge in [-0.15, -0.1) is 0 Å². The zero-order chi connectivity index (χ0) is 26.6.